The lowest BCUT2D eigenvalue weighted by molar-refractivity contribution is -0.145. The molecule has 0 saturated heterocycles. The van der Waals surface area contributed by atoms with E-state index in [0.717, 1.165) is 10.6 Å². The number of amides is 1. The maximum absolute atomic E-state index is 12.0. The van der Waals surface area contributed by atoms with Gasteiger partial charge in [-0.1, -0.05) is 0 Å². The number of hydrogen-bond acceptors (Lipinski definition) is 6. The number of hydrogen-bond donors (Lipinski definition) is 3. The number of methoxy groups -OCH3 is 1. The first-order valence-corrected chi connectivity index (χ1v) is 6.64. The number of nitrogens with zero attached hydrogens (tertiary/aromatic N) is 2. The van der Waals surface area contributed by atoms with Crippen LogP contribution in [0.3, 0.4) is 0 Å². The van der Waals surface area contributed by atoms with Crippen LogP contribution in [0.2, 0.25) is 0 Å². The van der Waals surface area contributed by atoms with Crippen LogP contribution in [-0.4, -0.2) is 44.5 Å². The van der Waals surface area contributed by atoms with E-state index >= 15 is 0 Å². The maximum Gasteiger partial charge on any atom is 0.328 e. The number of carbonyl (C=O) groups excluding carboxylic acids is 2. The van der Waals surface area contributed by atoms with Crippen LogP contribution in [-0.2, 0) is 27.3 Å². The van der Waals surface area contributed by atoms with Crippen LogP contribution >= 0.6 is 0 Å². The molecular formula is C13H15N5O5. The Bertz CT molecular complexity index is 792. The molecule has 23 heavy (non-hydrogen) atoms. The second kappa shape index (κ2) is 7.20. The lowest BCUT2D eigenvalue weighted by Gasteiger charge is -2.16. The van der Waals surface area contributed by atoms with E-state index in [9.17, 15) is 19.2 Å². The number of H-pyrrole nitrogens is 2. The predicted octanol–water partition coefficient (Wildman–Crippen LogP) is -1.84. The molecule has 0 saturated carbocycles. The lowest BCUT2D eigenvalue weighted by Crippen LogP contribution is -2.45. The van der Waals surface area contributed by atoms with Gasteiger partial charge in [0.05, 0.1) is 13.4 Å². The summed E-state index contributed by atoms with van der Waals surface area (Å²) in [7, 11) is 1.21. The van der Waals surface area contributed by atoms with E-state index in [1.165, 1.54) is 25.8 Å². The molecule has 0 unspecified atom stereocenters. The van der Waals surface area contributed by atoms with Crippen molar-refractivity contribution in [2.45, 2.75) is 19.0 Å². The summed E-state index contributed by atoms with van der Waals surface area (Å²) in [6.07, 6.45) is 4.33. The molecule has 0 radical (unpaired) electrons. The Hall–Kier alpha value is -3.17. The Morgan fingerprint density at radius 1 is 1.43 bits per heavy atom. The first-order valence-electron chi connectivity index (χ1n) is 6.64. The summed E-state index contributed by atoms with van der Waals surface area (Å²) in [4.78, 5) is 54.9. The zero-order chi connectivity index (χ0) is 16.8. The number of esters is 1. The van der Waals surface area contributed by atoms with Crippen LogP contribution in [0, 0.1) is 0 Å². The van der Waals surface area contributed by atoms with E-state index in [1.54, 1.807) is 0 Å². The zero-order valence-corrected chi connectivity index (χ0v) is 12.2. The van der Waals surface area contributed by atoms with Crippen LogP contribution in [0.25, 0.3) is 0 Å². The minimum atomic E-state index is -0.925. The van der Waals surface area contributed by atoms with Crippen molar-refractivity contribution in [2.24, 2.45) is 0 Å². The van der Waals surface area contributed by atoms with E-state index in [-0.39, 0.29) is 13.0 Å². The van der Waals surface area contributed by atoms with Gasteiger partial charge in [0.15, 0.2) is 0 Å². The zero-order valence-electron chi connectivity index (χ0n) is 12.2. The van der Waals surface area contributed by atoms with Crippen LogP contribution in [0.1, 0.15) is 5.69 Å². The maximum atomic E-state index is 12.0. The highest BCUT2D eigenvalue weighted by Crippen LogP contribution is 2.00. The van der Waals surface area contributed by atoms with E-state index in [1.807, 2.05) is 4.98 Å². The van der Waals surface area contributed by atoms with Crippen molar-refractivity contribution in [2.75, 3.05) is 7.11 Å². The number of ether oxygens (including phenoxy) is 1. The smallest absolute Gasteiger partial charge is 0.328 e. The molecule has 0 fully saturated rings. The third-order valence-electron chi connectivity index (χ3n) is 3.01. The Labute approximate surface area is 129 Å². The minimum Gasteiger partial charge on any atom is -0.467 e. The number of nitrogens with one attached hydrogen (secondary N) is 3. The van der Waals surface area contributed by atoms with Crippen molar-refractivity contribution in [3.05, 3.63) is 51.3 Å². The van der Waals surface area contributed by atoms with Gasteiger partial charge >= 0.3 is 11.7 Å². The van der Waals surface area contributed by atoms with Crippen LogP contribution in [0.15, 0.2) is 34.4 Å². The van der Waals surface area contributed by atoms with E-state index in [0.29, 0.717) is 5.69 Å². The Kier molecular flexibility index (Phi) is 5.07. The second-order valence-corrected chi connectivity index (χ2v) is 4.66. The van der Waals surface area contributed by atoms with Gasteiger partial charge in [-0.3, -0.25) is 19.1 Å². The number of aromatic nitrogens is 4. The average Bonchev–Trinajstić information content (AvgIpc) is 3.01. The van der Waals surface area contributed by atoms with Gasteiger partial charge in [0.25, 0.3) is 5.56 Å². The predicted molar refractivity (Wildman–Crippen MR) is 77.6 cm³/mol. The van der Waals surface area contributed by atoms with Crippen LogP contribution < -0.4 is 16.6 Å². The van der Waals surface area contributed by atoms with Gasteiger partial charge in [0, 0.05) is 30.6 Å². The Balaban J connectivity index is 2.06. The largest absolute Gasteiger partial charge is 0.467 e. The highest BCUT2D eigenvalue weighted by atomic mass is 16.5. The van der Waals surface area contributed by atoms with Gasteiger partial charge in [-0.2, -0.15) is 0 Å². The van der Waals surface area contributed by atoms with Crippen molar-refractivity contribution < 1.29 is 14.3 Å². The molecule has 0 aromatic carbocycles. The fourth-order valence-electron chi connectivity index (χ4n) is 1.92. The molecular weight excluding hydrogens is 306 g/mol. The number of imidazole rings is 1. The van der Waals surface area contributed by atoms with E-state index in [4.69, 9.17) is 0 Å². The third kappa shape index (κ3) is 4.40. The molecule has 122 valence electrons. The summed E-state index contributed by atoms with van der Waals surface area (Å²) >= 11 is 0. The van der Waals surface area contributed by atoms with Gasteiger partial charge in [-0.15, -0.1) is 0 Å². The number of aromatic amines is 2. The van der Waals surface area contributed by atoms with Gasteiger partial charge in [-0.05, 0) is 0 Å². The average molecular weight is 321 g/mol. The van der Waals surface area contributed by atoms with Crippen molar-refractivity contribution in [3.63, 3.8) is 0 Å². The molecule has 3 N–H and O–H groups in total. The molecule has 10 nitrogen and oxygen atoms in total. The molecule has 0 aliphatic heterocycles. The van der Waals surface area contributed by atoms with Crippen molar-refractivity contribution in [3.8, 4) is 0 Å². The second-order valence-electron chi connectivity index (χ2n) is 4.66. The molecule has 0 bridgehead atoms. The Morgan fingerprint density at radius 3 is 2.83 bits per heavy atom. The van der Waals surface area contributed by atoms with Gasteiger partial charge in [0.2, 0.25) is 5.91 Å². The molecule has 2 rings (SSSR count). The highest BCUT2D eigenvalue weighted by Gasteiger charge is 2.22. The summed E-state index contributed by atoms with van der Waals surface area (Å²) in [5.41, 5.74) is -0.629. The number of carbonyl (C=O) groups is 2. The molecule has 2 aromatic heterocycles. The summed E-state index contributed by atoms with van der Waals surface area (Å²) in [6, 6.07) is 0.197. The fraction of sp³-hybridized carbons (Fsp3) is 0.308. The fourth-order valence-corrected chi connectivity index (χ4v) is 1.92. The van der Waals surface area contributed by atoms with Crippen molar-refractivity contribution in [1.82, 2.24) is 24.8 Å². The summed E-state index contributed by atoms with van der Waals surface area (Å²) in [5, 5.41) is 2.48. The van der Waals surface area contributed by atoms with E-state index < -0.39 is 29.2 Å². The third-order valence-corrected chi connectivity index (χ3v) is 3.01. The van der Waals surface area contributed by atoms with Crippen molar-refractivity contribution in [1.29, 1.82) is 0 Å². The highest BCUT2D eigenvalue weighted by molar-refractivity contribution is 5.84. The van der Waals surface area contributed by atoms with Crippen LogP contribution in [0.5, 0.6) is 0 Å². The number of rotatable bonds is 6. The van der Waals surface area contributed by atoms with Crippen LogP contribution in [0.4, 0.5) is 0 Å². The summed E-state index contributed by atoms with van der Waals surface area (Å²) < 4.78 is 5.66. The first kappa shape index (κ1) is 16.2. The minimum absolute atomic E-state index is 0.166. The van der Waals surface area contributed by atoms with Gasteiger partial charge in [0.1, 0.15) is 12.6 Å². The topological polar surface area (TPSA) is 139 Å². The molecule has 1 atom stereocenters. The lowest BCUT2D eigenvalue weighted by atomic mass is 10.1. The Morgan fingerprint density at radius 2 is 2.22 bits per heavy atom. The summed E-state index contributed by atoms with van der Waals surface area (Å²) in [5.74, 6) is -1.20. The van der Waals surface area contributed by atoms with E-state index in [2.05, 4.69) is 20.0 Å². The standard InChI is InChI=1S/C13H15N5O5/c1-23-12(21)9(4-8-5-14-7-15-8)16-11(20)6-18-3-2-10(19)17-13(18)22/h2-3,5,7,9H,4,6H2,1H3,(H,14,15)(H,16,20)(H,17,19,22)/t9-/m1/s1. The molecule has 0 aliphatic carbocycles. The van der Waals surface area contributed by atoms with Gasteiger partial charge < -0.3 is 15.0 Å². The molecule has 2 heterocycles. The summed E-state index contributed by atoms with van der Waals surface area (Å²) in [6.45, 7) is -0.341. The molecule has 1 amide bonds. The quantitative estimate of drug-likeness (QED) is 0.534. The molecule has 0 aliphatic rings. The van der Waals surface area contributed by atoms with Gasteiger partial charge in [-0.25, -0.2) is 14.6 Å². The normalized spacial score (nSPS) is 11.7. The first-order chi connectivity index (χ1) is 11.0. The SMILES string of the molecule is COC(=O)[C@@H](Cc1cnc[nH]1)NC(=O)Cn1ccc(=O)[nH]c1=O. The molecule has 10 heteroatoms. The molecule has 0 spiro atoms. The van der Waals surface area contributed by atoms with Crippen molar-refractivity contribution >= 4 is 11.9 Å². The monoisotopic (exact) mass is 321 g/mol. The molecule has 2 aromatic rings.